The lowest BCUT2D eigenvalue weighted by atomic mass is 10.2. The van der Waals surface area contributed by atoms with Gasteiger partial charge in [0.15, 0.2) is 0 Å². The zero-order chi connectivity index (χ0) is 13.0. The first-order chi connectivity index (χ1) is 7.97. The van der Waals surface area contributed by atoms with Crippen LogP contribution in [0.5, 0.6) is 0 Å². The van der Waals surface area contributed by atoms with Gasteiger partial charge in [-0.2, -0.15) is 5.26 Å². The molecule has 0 spiro atoms. The zero-order valence-electron chi connectivity index (χ0n) is 9.44. The summed E-state index contributed by atoms with van der Waals surface area (Å²) in [5, 5.41) is 9.04. The highest BCUT2D eigenvalue weighted by Crippen LogP contribution is 2.20. The van der Waals surface area contributed by atoms with E-state index in [1.807, 2.05) is 6.07 Å². The average molecular weight is 272 g/mol. The van der Waals surface area contributed by atoms with Crippen molar-refractivity contribution in [3.8, 4) is 6.07 Å². The van der Waals surface area contributed by atoms with Crippen molar-refractivity contribution in [2.45, 2.75) is 19.4 Å². The van der Waals surface area contributed by atoms with Gasteiger partial charge in [-0.1, -0.05) is 23.2 Å². The lowest BCUT2D eigenvalue weighted by Crippen LogP contribution is -2.35. The standard InChI is InChI=1S/C11H11Cl2N3O/c1-7(3-4-14)16(2)11(17)8-5-10(13)15-6-9(8)12/h5-7H,3H2,1-2H3. The summed E-state index contributed by atoms with van der Waals surface area (Å²) in [4.78, 5) is 17.3. The number of halogens is 2. The van der Waals surface area contributed by atoms with Crippen molar-refractivity contribution in [2.24, 2.45) is 0 Å². The number of aromatic nitrogens is 1. The number of nitrogens with zero attached hydrogens (tertiary/aromatic N) is 3. The number of hydrogen-bond donors (Lipinski definition) is 0. The lowest BCUT2D eigenvalue weighted by molar-refractivity contribution is 0.0746. The van der Waals surface area contributed by atoms with Gasteiger partial charge in [-0.25, -0.2) is 4.98 Å². The minimum absolute atomic E-state index is 0.185. The van der Waals surface area contributed by atoms with E-state index in [1.165, 1.54) is 17.2 Å². The van der Waals surface area contributed by atoms with Crippen LogP contribution in [0, 0.1) is 11.3 Å². The molecule has 0 aliphatic rings. The van der Waals surface area contributed by atoms with Gasteiger partial charge in [-0.15, -0.1) is 0 Å². The maximum Gasteiger partial charge on any atom is 0.255 e. The molecule has 90 valence electrons. The number of carbonyl (C=O) groups is 1. The van der Waals surface area contributed by atoms with E-state index in [0.717, 1.165) is 0 Å². The number of rotatable bonds is 3. The number of hydrogen-bond acceptors (Lipinski definition) is 3. The Morgan fingerprint density at radius 3 is 2.88 bits per heavy atom. The van der Waals surface area contributed by atoms with Crippen molar-refractivity contribution in [1.29, 1.82) is 5.26 Å². The maximum atomic E-state index is 12.1. The Morgan fingerprint density at radius 1 is 1.65 bits per heavy atom. The number of pyridine rings is 1. The van der Waals surface area contributed by atoms with Crippen LogP contribution >= 0.6 is 23.2 Å². The number of amides is 1. The molecule has 0 saturated carbocycles. The summed E-state index contributed by atoms with van der Waals surface area (Å²) in [5.74, 6) is -0.276. The molecule has 0 saturated heterocycles. The molecule has 1 heterocycles. The van der Waals surface area contributed by atoms with Crippen LogP contribution in [0.4, 0.5) is 0 Å². The van der Waals surface area contributed by atoms with Gasteiger partial charge < -0.3 is 4.90 Å². The van der Waals surface area contributed by atoms with E-state index in [-0.39, 0.29) is 28.5 Å². The summed E-state index contributed by atoms with van der Waals surface area (Å²) in [6, 6.07) is 3.25. The molecule has 1 aromatic rings. The smallest absolute Gasteiger partial charge is 0.255 e. The summed E-state index contributed by atoms with van der Waals surface area (Å²) < 4.78 is 0. The van der Waals surface area contributed by atoms with Crippen LogP contribution in [0.3, 0.4) is 0 Å². The van der Waals surface area contributed by atoms with Crippen molar-refractivity contribution in [3.63, 3.8) is 0 Å². The fourth-order valence-electron chi connectivity index (χ4n) is 1.24. The molecular weight excluding hydrogens is 261 g/mol. The van der Waals surface area contributed by atoms with E-state index < -0.39 is 0 Å². The first-order valence-electron chi connectivity index (χ1n) is 4.92. The monoisotopic (exact) mass is 271 g/mol. The van der Waals surface area contributed by atoms with Crippen molar-refractivity contribution >= 4 is 29.1 Å². The van der Waals surface area contributed by atoms with Crippen LogP contribution < -0.4 is 0 Å². The van der Waals surface area contributed by atoms with E-state index in [9.17, 15) is 4.79 Å². The molecule has 1 amide bonds. The van der Waals surface area contributed by atoms with Gasteiger partial charge in [0.25, 0.3) is 5.91 Å². The molecule has 0 aliphatic carbocycles. The third-order valence-electron chi connectivity index (χ3n) is 2.42. The largest absolute Gasteiger partial charge is 0.338 e. The normalized spacial score (nSPS) is 11.7. The Labute approximate surface area is 110 Å². The van der Waals surface area contributed by atoms with Gasteiger partial charge in [0.05, 0.1) is 23.1 Å². The van der Waals surface area contributed by atoms with Crippen LogP contribution in [0.25, 0.3) is 0 Å². The molecule has 1 unspecified atom stereocenters. The van der Waals surface area contributed by atoms with Gasteiger partial charge >= 0.3 is 0 Å². The van der Waals surface area contributed by atoms with Crippen molar-refractivity contribution in [1.82, 2.24) is 9.88 Å². The Bertz CT molecular complexity index is 470. The summed E-state index contributed by atoms with van der Waals surface area (Å²) in [7, 11) is 1.62. The van der Waals surface area contributed by atoms with Gasteiger partial charge in [0.1, 0.15) is 5.15 Å². The SMILES string of the molecule is CC(CC#N)N(C)C(=O)c1cc(Cl)ncc1Cl. The second-order valence-corrected chi connectivity index (χ2v) is 4.41. The van der Waals surface area contributed by atoms with Crippen LogP contribution in [-0.4, -0.2) is 28.9 Å². The summed E-state index contributed by atoms with van der Waals surface area (Å²) in [5.41, 5.74) is 0.291. The van der Waals surface area contributed by atoms with E-state index in [0.29, 0.717) is 5.56 Å². The zero-order valence-corrected chi connectivity index (χ0v) is 11.0. The van der Waals surface area contributed by atoms with Crippen LogP contribution in [0.2, 0.25) is 10.2 Å². The Balaban J connectivity index is 2.96. The Morgan fingerprint density at radius 2 is 2.29 bits per heavy atom. The topological polar surface area (TPSA) is 57.0 Å². The predicted octanol–water partition coefficient (Wildman–Crippen LogP) is 2.76. The number of carbonyl (C=O) groups excluding carboxylic acids is 1. The minimum Gasteiger partial charge on any atom is -0.338 e. The first-order valence-corrected chi connectivity index (χ1v) is 5.68. The Hall–Kier alpha value is -1.31. The van der Waals surface area contributed by atoms with Crippen molar-refractivity contribution < 1.29 is 4.79 Å². The fraction of sp³-hybridized carbons (Fsp3) is 0.364. The highest BCUT2D eigenvalue weighted by Gasteiger charge is 2.20. The predicted molar refractivity (Wildman–Crippen MR) is 66.0 cm³/mol. The second-order valence-electron chi connectivity index (χ2n) is 3.61. The second kappa shape index (κ2) is 5.85. The van der Waals surface area contributed by atoms with Gasteiger partial charge in [-0.3, -0.25) is 4.79 Å². The molecule has 0 radical (unpaired) electrons. The molecule has 4 nitrogen and oxygen atoms in total. The van der Waals surface area contributed by atoms with E-state index >= 15 is 0 Å². The van der Waals surface area contributed by atoms with Gasteiger partial charge in [0, 0.05) is 19.3 Å². The van der Waals surface area contributed by atoms with Crippen molar-refractivity contribution in [2.75, 3.05) is 7.05 Å². The summed E-state index contributed by atoms with van der Waals surface area (Å²) >= 11 is 11.6. The Kier molecular flexibility index (Phi) is 4.73. The molecule has 0 bridgehead atoms. The molecule has 17 heavy (non-hydrogen) atoms. The molecular formula is C11H11Cl2N3O. The van der Waals surface area contributed by atoms with Crippen molar-refractivity contribution in [3.05, 3.63) is 28.0 Å². The fourth-order valence-corrected chi connectivity index (χ4v) is 1.58. The lowest BCUT2D eigenvalue weighted by Gasteiger charge is -2.23. The molecule has 0 fully saturated rings. The first kappa shape index (κ1) is 13.8. The van der Waals surface area contributed by atoms with Gasteiger partial charge in [0.2, 0.25) is 0 Å². The highest BCUT2D eigenvalue weighted by atomic mass is 35.5. The molecule has 6 heteroatoms. The quantitative estimate of drug-likeness (QED) is 0.795. The average Bonchev–Trinajstić information content (AvgIpc) is 2.30. The maximum absolute atomic E-state index is 12.1. The molecule has 1 atom stereocenters. The molecule has 1 aromatic heterocycles. The van der Waals surface area contributed by atoms with Gasteiger partial charge in [-0.05, 0) is 13.0 Å². The third-order valence-corrected chi connectivity index (χ3v) is 2.93. The summed E-state index contributed by atoms with van der Waals surface area (Å²) in [6.07, 6.45) is 1.60. The molecule has 0 N–H and O–H groups in total. The summed E-state index contributed by atoms with van der Waals surface area (Å²) in [6.45, 7) is 1.79. The molecule has 0 aromatic carbocycles. The molecule has 1 rings (SSSR count). The number of nitriles is 1. The van der Waals surface area contributed by atoms with E-state index in [4.69, 9.17) is 28.5 Å². The van der Waals surface area contributed by atoms with E-state index in [1.54, 1.807) is 14.0 Å². The minimum atomic E-state index is -0.276. The molecule has 0 aliphatic heterocycles. The van der Waals surface area contributed by atoms with Crippen LogP contribution in [0.15, 0.2) is 12.3 Å². The highest BCUT2D eigenvalue weighted by molar-refractivity contribution is 6.35. The van der Waals surface area contributed by atoms with Crippen LogP contribution in [-0.2, 0) is 0 Å². The van der Waals surface area contributed by atoms with Crippen LogP contribution in [0.1, 0.15) is 23.7 Å². The third kappa shape index (κ3) is 3.32. The van der Waals surface area contributed by atoms with E-state index in [2.05, 4.69) is 4.98 Å².